The highest BCUT2D eigenvalue weighted by molar-refractivity contribution is 5.85. The molecule has 1 heterocycles. The van der Waals surface area contributed by atoms with E-state index in [-0.39, 0.29) is 12.1 Å². The molecule has 6 heteroatoms. The summed E-state index contributed by atoms with van der Waals surface area (Å²) < 4.78 is 5.58. The van der Waals surface area contributed by atoms with Crippen molar-refractivity contribution in [3.63, 3.8) is 0 Å². The third kappa shape index (κ3) is 3.62. The Morgan fingerprint density at radius 1 is 1.40 bits per heavy atom. The number of carboxylic acid groups (broad SMARTS) is 1. The molecule has 1 N–H and O–H groups in total. The number of likely N-dealkylation sites (tertiary alicyclic amines) is 1. The van der Waals surface area contributed by atoms with E-state index in [9.17, 15) is 14.7 Å². The molecular weight excluding hydrogens is 260 g/mol. The van der Waals surface area contributed by atoms with Gasteiger partial charge in [0.05, 0.1) is 6.10 Å². The van der Waals surface area contributed by atoms with Crippen LogP contribution in [0, 0.1) is 0 Å². The number of ether oxygens (including phenoxy) is 1. The van der Waals surface area contributed by atoms with Gasteiger partial charge in [0.15, 0.2) is 0 Å². The van der Waals surface area contributed by atoms with Crippen molar-refractivity contribution in [2.75, 3.05) is 26.2 Å². The normalized spacial score (nSPS) is 19.8. The van der Waals surface area contributed by atoms with Crippen molar-refractivity contribution in [2.24, 2.45) is 0 Å². The quantitative estimate of drug-likeness (QED) is 0.836. The van der Waals surface area contributed by atoms with Crippen LogP contribution in [0.5, 0.6) is 0 Å². The fourth-order valence-electron chi connectivity index (χ4n) is 2.54. The van der Waals surface area contributed by atoms with E-state index < -0.39 is 11.5 Å². The second-order valence-electron chi connectivity index (χ2n) is 5.56. The highest BCUT2D eigenvalue weighted by atomic mass is 16.5. The third-order valence-electron chi connectivity index (χ3n) is 3.80. The lowest BCUT2D eigenvalue weighted by Gasteiger charge is -2.40. The molecule has 1 saturated heterocycles. The number of urea groups is 1. The zero-order chi connectivity index (χ0) is 15.3. The maximum Gasteiger partial charge on any atom is 0.329 e. The first-order valence-corrected chi connectivity index (χ1v) is 7.26. The first-order valence-electron chi connectivity index (χ1n) is 7.26. The van der Waals surface area contributed by atoms with Gasteiger partial charge in [-0.3, -0.25) is 0 Å². The summed E-state index contributed by atoms with van der Waals surface area (Å²) >= 11 is 0. The van der Waals surface area contributed by atoms with Crippen molar-refractivity contribution in [3.05, 3.63) is 0 Å². The van der Waals surface area contributed by atoms with E-state index in [4.69, 9.17) is 4.74 Å². The van der Waals surface area contributed by atoms with Gasteiger partial charge in [-0.2, -0.15) is 0 Å². The van der Waals surface area contributed by atoms with Crippen LogP contribution in [0.3, 0.4) is 0 Å². The molecule has 0 aromatic rings. The van der Waals surface area contributed by atoms with Gasteiger partial charge in [-0.05, 0) is 40.5 Å². The van der Waals surface area contributed by atoms with Crippen molar-refractivity contribution < 1.29 is 19.4 Å². The average molecular weight is 286 g/mol. The molecule has 1 aliphatic heterocycles. The molecule has 0 aliphatic carbocycles. The van der Waals surface area contributed by atoms with E-state index in [0.29, 0.717) is 26.2 Å². The summed E-state index contributed by atoms with van der Waals surface area (Å²) in [6.07, 6.45) is 1.90. The Bertz CT molecular complexity index is 355. The number of piperidine rings is 1. The van der Waals surface area contributed by atoms with E-state index in [2.05, 4.69) is 0 Å². The van der Waals surface area contributed by atoms with Gasteiger partial charge in [0.1, 0.15) is 5.54 Å². The van der Waals surface area contributed by atoms with Gasteiger partial charge in [0, 0.05) is 26.2 Å². The molecule has 1 atom stereocenters. The summed E-state index contributed by atoms with van der Waals surface area (Å²) in [5, 5.41) is 9.29. The predicted octanol–water partition coefficient (Wildman–Crippen LogP) is 1.79. The monoisotopic (exact) mass is 286 g/mol. The summed E-state index contributed by atoms with van der Waals surface area (Å²) in [7, 11) is 0. The van der Waals surface area contributed by atoms with Crippen LogP contribution in [0.4, 0.5) is 4.79 Å². The predicted molar refractivity (Wildman–Crippen MR) is 75.7 cm³/mol. The van der Waals surface area contributed by atoms with Crippen LogP contribution in [0.25, 0.3) is 0 Å². The van der Waals surface area contributed by atoms with Gasteiger partial charge in [0.2, 0.25) is 0 Å². The van der Waals surface area contributed by atoms with Gasteiger partial charge in [-0.1, -0.05) is 0 Å². The second-order valence-corrected chi connectivity index (χ2v) is 5.56. The fraction of sp³-hybridized carbons (Fsp3) is 0.857. The van der Waals surface area contributed by atoms with Gasteiger partial charge >= 0.3 is 12.0 Å². The average Bonchev–Trinajstić information content (AvgIpc) is 2.39. The van der Waals surface area contributed by atoms with E-state index in [1.165, 1.54) is 4.90 Å². The summed E-state index contributed by atoms with van der Waals surface area (Å²) in [6.45, 7) is 9.05. The third-order valence-corrected chi connectivity index (χ3v) is 3.80. The lowest BCUT2D eigenvalue weighted by molar-refractivity contribution is -0.147. The van der Waals surface area contributed by atoms with Gasteiger partial charge in [-0.25, -0.2) is 9.59 Å². The molecule has 1 unspecified atom stereocenters. The van der Waals surface area contributed by atoms with E-state index in [1.54, 1.807) is 25.7 Å². The molecule has 0 aromatic heterocycles. The number of hydrogen-bond acceptors (Lipinski definition) is 3. The molecular formula is C14H26N2O4. The smallest absolute Gasteiger partial charge is 0.329 e. The van der Waals surface area contributed by atoms with Crippen LogP contribution in [0.15, 0.2) is 0 Å². The number of rotatable bonds is 5. The lowest BCUT2D eigenvalue weighted by atomic mass is 10.0. The number of aliphatic carboxylic acids is 1. The van der Waals surface area contributed by atoms with Crippen LogP contribution in [-0.4, -0.2) is 64.8 Å². The maximum atomic E-state index is 12.6. The molecule has 0 saturated carbocycles. The summed E-state index contributed by atoms with van der Waals surface area (Å²) in [5.74, 6) is -0.994. The molecule has 0 bridgehead atoms. The minimum atomic E-state index is -1.20. The van der Waals surface area contributed by atoms with E-state index >= 15 is 0 Å². The first-order chi connectivity index (χ1) is 9.34. The Morgan fingerprint density at radius 3 is 2.55 bits per heavy atom. The standard InChI is InChI=1S/C14H26N2O4/c1-5-16(14(3,4)12(17)18)13(19)15-9-7-8-11(10-15)20-6-2/h11H,5-10H2,1-4H3,(H,17,18). The summed E-state index contributed by atoms with van der Waals surface area (Å²) in [6, 6.07) is -0.218. The minimum Gasteiger partial charge on any atom is -0.480 e. The molecule has 0 spiro atoms. The van der Waals surface area contributed by atoms with Crippen molar-refractivity contribution in [3.8, 4) is 0 Å². The fourth-order valence-corrected chi connectivity index (χ4v) is 2.54. The van der Waals surface area contributed by atoms with Crippen molar-refractivity contribution in [1.82, 2.24) is 9.80 Å². The van der Waals surface area contributed by atoms with Gasteiger partial charge in [0.25, 0.3) is 0 Å². The number of carbonyl (C=O) groups excluding carboxylic acids is 1. The molecule has 6 nitrogen and oxygen atoms in total. The zero-order valence-corrected chi connectivity index (χ0v) is 12.9. The lowest BCUT2D eigenvalue weighted by Crippen LogP contribution is -2.58. The van der Waals surface area contributed by atoms with Crippen LogP contribution < -0.4 is 0 Å². The van der Waals surface area contributed by atoms with Crippen LogP contribution in [0.1, 0.15) is 40.5 Å². The largest absolute Gasteiger partial charge is 0.480 e. The van der Waals surface area contributed by atoms with Crippen molar-refractivity contribution in [1.29, 1.82) is 0 Å². The molecule has 1 rings (SSSR count). The Hall–Kier alpha value is -1.30. The number of nitrogens with zero attached hydrogens (tertiary/aromatic N) is 2. The van der Waals surface area contributed by atoms with Gasteiger partial charge < -0.3 is 19.6 Å². The highest BCUT2D eigenvalue weighted by Crippen LogP contribution is 2.20. The van der Waals surface area contributed by atoms with E-state index in [1.807, 2.05) is 6.92 Å². The molecule has 1 aliphatic rings. The first kappa shape index (κ1) is 16.8. The molecule has 20 heavy (non-hydrogen) atoms. The molecule has 0 aromatic carbocycles. The Kier molecular flexibility index (Phi) is 5.80. The molecule has 116 valence electrons. The van der Waals surface area contributed by atoms with Crippen LogP contribution in [0.2, 0.25) is 0 Å². The minimum absolute atomic E-state index is 0.0596. The van der Waals surface area contributed by atoms with Crippen LogP contribution in [-0.2, 0) is 9.53 Å². The number of likely N-dealkylation sites (N-methyl/N-ethyl adjacent to an activating group) is 1. The van der Waals surface area contributed by atoms with Crippen LogP contribution >= 0.6 is 0 Å². The highest BCUT2D eigenvalue weighted by Gasteiger charge is 2.39. The van der Waals surface area contributed by atoms with Crippen molar-refractivity contribution in [2.45, 2.75) is 52.2 Å². The number of carboxylic acids is 1. The molecule has 2 amide bonds. The number of hydrogen-bond donors (Lipinski definition) is 1. The van der Waals surface area contributed by atoms with Gasteiger partial charge in [-0.15, -0.1) is 0 Å². The Morgan fingerprint density at radius 2 is 2.05 bits per heavy atom. The second kappa shape index (κ2) is 6.92. The zero-order valence-electron chi connectivity index (χ0n) is 12.9. The van der Waals surface area contributed by atoms with Crippen molar-refractivity contribution >= 4 is 12.0 Å². The summed E-state index contributed by atoms with van der Waals surface area (Å²) in [4.78, 5) is 27.0. The SMILES string of the molecule is CCOC1CCCN(C(=O)N(CC)C(C)(C)C(=O)O)C1. The maximum absolute atomic E-state index is 12.6. The molecule has 1 fully saturated rings. The number of carbonyl (C=O) groups is 2. The Balaban J connectivity index is 2.78. The summed E-state index contributed by atoms with van der Waals surface area (Å²) in [5.41, 5.74) is -1.20. The van der Waals surface area contributed by atoms with E-state index in [0.717, 1.165) is 12.8 Å². The Labute approximate surface area is 120 Å². The topological polar surface area (TPSA) is 70.1 Å². The number of amides is 2. The molecule has 0 radical (unpaired) electrons.